The van der Waals surface area contributed by atoms with Crippen LogP contribution in [0.4, 0.5) is 39.0 Å². The molecular formula is C53H35F5N2. The predicted octanol–water partition coefficient (Wildman–Crippen LogP) is 15.1. The van der Waals surface area contributed by atoms with Gasteiger partial charge in [-0.3, -0.25) is 0 Å². The first-order chi connectivity index (χ1) is 29.1. The third-order valence-corrected chi connectivity index (χ3v) is 11.7. The molecule has 0 saturated carbocycles. The molecule has 0 aliphatic heterocycles. The molecule has 0 radical (unpaired) electrons. The zero-order valence-electron chi connectivity index (χ0n) is 32.5. The number of hydrogen-bond acceptors (Lipinski definition) is 1. The Labute approximate surface area is 343 Å². The van der Waals surface area contributed by atoms with E-state index in [0.717, 1.165) is 72.5 Å². The molecule has 2 nitrogen and oxygen atoms in total. The van der Waals surface area contributed by atoms with Crippen LogP contribution in [0.2, 0.25) is 0 Å². The van der Waals surface area contributed by atoms with Gasteiger partial charge >= 0.3 is 0 Å². The number of halogens is 5. The number of fused-ring (bicyclic) bond motifs is 7. The van der Waals surface area contributed by atoms with Crippen LogP contribution < -0.4 is 4.90 Å². The lowest BCUT2D eigenvalue weighted by atomic mass is 9.81. The van der Waals surface area contributed by atoms with Gasteiger partial charge in [0, 0.05) is 38.9 Å². The zero-order valence-corrected chi connectivity index (χ0v) is 32.5. The molecule has 8 aromatic carbocycles. The molecule has 1 aliphatic rings. The number of rotatable bonds is 7. The Kier molecular flexibility index (Phi) is 8.79. The van der Waals surface area contributed by atoms with E-state index in [1.807, 2.05) is 72.8 Å². The Morgan fingerprint density at radius 2 is 1.02 bits per heavy atom. The topological polar surface area (TPSA) is 8.17 Å². The predicted molar refractivity (Wildman–Crippen MR) is 234 cm³/mol. The molecule has 0 saturated heterocycles. The average molecular weight is 795 g/mol. The second-order valence-electron chi connectivity index (χ2n) is 15.6. The zero-order chi connectivity index (χ0) is 41.3. The Hall–Kier alpha value is -7.25. The summed E-state index contributed by atoms with van der Waals surface area (Å²) in [4.78, 5) is 2.23. The number of para-hydroxylation sites is 3. The minimum absolute atomic E-state index is 0.110. The molecule has 10 rings (SSSR count). The molecule has 1 aliphatic carbocycles. The minimum Gasteiger partial charge on any atom is -0.311 e. The maximum atomic E-state index is 15.1. The van der Waals surface area contributed by atoms with Crippen LogP contribution in [0.25, 0.3) is 61.9 Å². The first-order valence-corrected chi connectivity index (χ1v) is 19.6. The number of hydrogen-bond donors (Lipinski definition) is 0. The number of aromatic nitrogens is 1. The quantitative estimate of drug-likeness (QED) is 0.0675. The standard InChI is InChI=1S/C53H35F5N2/c1-53(2)43-30-33(19-18-32-20-24-38(25-21-32)59(35-12-6-3-7-13-35)36-14-8-4-9-15-36)22-26-39(43)40-27-28-41-42-31-34(45-47(54)49(56)51(58)50(57)48(45)55)23-29-44(42)60(52(41)46(40)53)37-16-10-5-11-17-37/h3-31H,1-2H3/b19-18+. The summed E-state index contributed by atoms with van der Waals surface area (Å²) in [6.45, 7) is 4.39. The summed E-state index contributed by atoms with van der Waals surface area (Å²) in [6.07, 6.45) is 4.24. The summed E-state index contributed by atoms with van der Waals surface area (Å²) in [5.41, 5.74) is 10.6. The van der Waals surface area contributed by atoms with Gasteiger partial charge in [-0.15, -0.1) is 0 Å². The van der Waals surface area contributed by atoms with E-state index in [0.29, 0.717) is 5.39 Å². The Balaban J connectivity index is 1.05. The van der Waals surface area contributed by atoms with Gasteiger partial charge in [0.15, 0.2) is 23.3 Å². The highest BCUT2D eigenvalue weighted by Crippen LogP contribution is 2.53. The van der Waals surface area contributed by atoms with Gasteiger partial charge in [0.25, 0.3) is 0 Å². The van der Waals surface area contributed by atoms with E-state index >= 15 is 8.78 Å². The van der Waals surface area contributed by atoms with Crippen molar-refractivity contribution in [2.45, 2.75) is 19.3 Å². The van der Waals surface area contributed by atoms with Gasteiger partial charge in [-0.1, -0.05) is 129 Å². The maximum Gasteiger partial charge on any atom is 0.200 e. The van der Waals surface area contributed by atoms with Crippen molar-refractivity contribution in [3.8, 4) is 27.9 Å². The van der Waals surface area contributed by atoms with Crippen molar-refractivity contribution in [1.82, 2.24) is 4.57 Å². The second-order valence-corrected chi connectivity index (χ2v) is 15.6. The number of nitrogens with zero attached hydrogens (tertiary/aromatic N) is 2. The minimum atomic E-state index is -2.18. The Morgan fingerprint density at radius 1 is 0.483 bits per heavy atom. The first kappa shape index (κ1) is 37.0. The highest BCUT2D eigenvalue weighted by atomic mass is 19.2. The van der Waals surface area contributed by atoms with Crippen molar-refractivity contribution in [3.05, 3.63) is 215 Å². The fourth-order valence-corrected chi connectivity index (χ4v) is 8.90. The highest BCUT2D eigenvalue weighted by molar-refractivity contribution is 6.14. The Bertz CT molecular complexity index is 3080. The van der Waals surface area contributed by atoms with E-state index in [-0.39, 0.29) is 5.56 Å². The van der Waals surface area contributed by atoms with Crippen molar-refractivity contribution >= 4 is 51.0 Å². The molecule has 0 spiro atoms. The fourth-order valence-electron chi connectivity index (χ4n) is 8.90. The largest absolute Gasteiger partial charge is 0.311 e. The monoisotopic (exact) mass is 794 g/mol. The van der Waals surface area contributed by atoms with Crippen molar-refractivity contribution in [1.29, 1.82) is 0 Å². The van der Waals surface area contributed by atoms with E-state index in [1.165, 1.54) is 12.1 Å². The summed E-state index contributed by atoms with van der Waals surface area (Å²) < 4.78 is 75.2. The lowest BCUT2D eigenvalue weighted by Gasteiger charge is -2.25. The average Bonchev–Trinajstić information content (AvgIpc) is 3.73. The summed E-state index contributed by atoms with van der Waals surface area (Å²) in [7, 11) is 0. The SMILES string of the molecule is CC1(C)c2cc(/C=C/c3ccc(N(c4ccccc4)c4ccccc4)cc3)ccc2-c2ccc3c4cc(-c5c(F)c(F)c(F)c(F)c5F)ccc4n(-c4ccccc4)c3c21. The van der Waals surface area contributed by atoms with Gasteiger partial charge in [0.2, 0.25) is 5.82 Å². The number of anilines is 3. The molecule has 7 heteroatoms. The van der Waals surface area contributed by atoms with Gasteiger partial charge in [0.05, 0.1) is 16.6 Å². The lowest BCUT2D eigenvalue weighted by Crippen LogP contribution is -2.16. The molecule has 60 heavy (non-hydrogen) atoms. The Morgan fingerprint density at radius 3 is 1.65 bits per heavy atom. The van der Waals surface area contributed by atoms with Gasteiger partial charge in [0.1, 0.15) is 0 Å². The van der Waals surface area contributed by atoms with Crippen LogP contribution in [0.3, 0.4) is 0 Å². The summed E-state index contributed by atoms with van der Waals surface area (Å²) in [5, 5.41) is 1.41. The van der Waals surface area contributed by atoms with Crippen molar-refractivity contribution in [3.63, 3.8) is 0 Å². The second kappa shape index (κ2) is 14.2. The maximum absolute atomic E-state index is 15.1. The van der Waals surface area contributed by atoms with Crippen LogP contribution in [0.5, 0.6) is 0 Å². The van der Waals surface area contributed by atoms with Crippen LogP contribution in [0.15, 0.2) is 164 Å². The van der Waals surface area contributed by atoms with Crippen molar-refractivity contribution in [2.75, 3.05) is 4.90 Å². The smallest absolute Gasteiger partial charge is 0.200 e. The molecular weight excluding hydrogens is 760 g/mol. The molecule has 9 aromatic rings. The molecule has 0 fully saturated rings. The van der Waals surface area contributed by atoms with Crippen LogP contribution in [-0.4, -0.2) is 4.57 Å². The summed E-state index contributed by atoms with van der Waals surface area (Å²) in [5.74, 6) is -9.87. The van der Waals surface area contributed by atoms with Crippen molar-refractivity contribution in [2.24, 2.45) is 0 Å². The van der Waals surface area contributed by atoms with Gasteiger partial charge in [-0.05, 0) is 99.6 Å². The molecule has 0 unspecified atom stereocenters. The molecule has 1 aromatic heterocycles. The number of benzene rings is 8. The van der Waals surface area contributed by atoms with Crippen LogP contribution in [0, 0.1) is 29.1 Å². The van der Waals surface area contributed by atoms with Crippen molar-refractivity contribution < 1.29 is 22.0 Å². The fraction of sp³-hybridized carbons (Fsp3) is 0.0566. The molecule has 0 N–H and O–H groups in total. The first-order valence-electron chi connectivity index (χ1n) is 19.6. The molecule has 0 bridgehead atoms. The molecule has 292 valence electrons. The molecule has 1 heterocycles. The molecule has 0 atom stereocenters. The molecule has 0 amide bonds. The summed E-state index contributed by atoms with van der Waals surface area (Å²) in [6, 6.07) is 54.0. The van der Waals surface area contributed by atoms with E-state index in [4.69, 9.17) is 0 Å². The summed E-state index contributed by atoms with van der Waals surface area (Å²) >= 11 is 0. The third kappa shape index (κ3) is 5.83. The van der Waals surface area contributed by atoms with E-state index in [1.54, 1.807) is 6.07 Å². The van der Waals surface area contributed by atoms with Crippen LogP contribution in [-0.2, 0) is 5.41 Å². The normalized spacial score (nSPS) is 13.0. The van der Waals surface area contributed by atoms with E-state index in [9.17, 15) is 13.2 Å². The lowest BCUT2D eigenvalue weighted by molar-refractivity contribution is 0.381. The van der Waals surface area contributed by atoms with Crippen LogP contribution >= 0.6 is 0 Å². The van der Waals surface area contributed by atoms with Gasteiger partial charge in [-0.25, -0.2) is 22.0 Å². The van der Waals surface area contributed by atoms with Gasteiger partial charge < -0.3 is 9.47 Å². The van der Waals surface area contributed by atoms with E-state index < -0.39 is 40.1 Å². The van der Waals surface area contributed by atoms with Gasteiger partial charge in [-0.2, -0.15) is 0 Å². The van der Waals surface area contributed by atoms with E-state index in [2.05, 4.69) is 108 Å². The third-order valence-electron chi connectivity index (χ3n) is 11.7. The van der Waals surface area contributed by atoms with Crippen LogP contribution in [0.1, 0.15) is 36.1 Å². The highest BCUT2D eigenvalue weighted by Gasteiger charge is 2.39.